The third-order valence-corrected chi connectivity index (χ3v) is 5.96. The number of piperazine rings is 1. The normalized spacial score (nSPS) is 21.7. The fraction of sp³-hybridized carbons (Fsp3) is 0.353. The summed E-state index contributed by atoms with van der Waals surface area (Å²) >= 11 is 1.57. The molecule has 0 aliphatic carbocycles. The summed E-state index contributed by atoms with van der Waals surface area (Å²) in [6.07, 6.45) is 6.19. The first-order valence-electron chi connectivity index (χ1n) is 8.54. The van der Waals surface area contributed by atoms with E-state index in [1.165, 1.54) is 0 Å². The Kier molecular flexibility index (Phi) is 3.74. The number of piperidine rings is 1. The van der Waals surface area contributed by atoms with Crippen LogP contribution in [0.3, 0.4) is 0 Å². The monoisotopic (exact) mass is 367 g/mol. The van der Waals surface area contributed by atoms with Crippen molar-refractivity contribution in [3.8, 4) is 0 Å². The molecular weight excluding hydrogens is 350 g/mol. The van der Waals surface area contributed by atoms with Crippen LogP contribution in [0.25, 0.3) is 5.65 Å². The van der Waals surface area contributed by atoms with Gasteiger partial charge < -0.3 is 9.80 Å². The number of amides is 1. The molecule has 3 saturated heterocycles. The van der Waals surface area contributed by atoms with Gasteiger partial charge >= 0.3 is 0 Å². The molecule has 1 amide bonds. The van der Waals surface area contributed by atoms with Gasteiger partial charge in [-0.15, -0.1) is 27.1 Å². The van der Waals surface area contributed by atoms with Crippen molar-refractivity contribution >= 4 is 29.1 Å². The lowest BCUT2D eigenvalue weighted by molar-refractivity contribution is -0.143. The molecule has 3 aliphatic rings. The van der Waals surface area contributed by atoms with Gasteiger partial charge in [0.2, 0.25) is 5.91 Å². The largest absolute Gasteiger partial charge is 0.351 e. The topological polar surface area (TPSA) is 79.5 Å². The molecule has 0 saturated carbocycles. The van der Waals surface area contributed by atoms with Crippen molar-refractivity contribution in [3.63, 3.8) is 0 Å². The maximum Gasteiger partial charge on any atom is 0.233 e. The van der Waals surface area contributed by atoms with Gasteiger partial charge in [0.05, 0.1) is 17.8 Å². The molecule has 6 rings (SSSR count). The number of anilines is 1. The van der Waals surface area contributed by atoms with Crippen molar-refractivity contribution in [2.75, 3.05) is 23.7 Å². The fourth-order valence-electron chi connectivity index (χ4n) is 3.75. The summed E-state index contributed by atoms with van der Waals surface area (Å²) in [5.41, 5.74) is 0.737. The Bertz CT molecular complexity index is 934. The summed E-state index contributed by atoms with van der Waals surface area (Å²) in [6.45, 7) is 1.64. The molecule has 6 heterocycles. The highest BCUT2D eigenvalue weighted by molar-refractivity contribution is 8.00. The second-order valence-corrected chi connectivity index (χ2v) is 7.59. The lowest BCUT2D eigenvalue weighted by atomic mass is 9.87. The highest BCUT2D eigenvalue weighted by Crippen LogP contribution is 2.35. The predicted octanol–water partition coefficient (Wildman–Crippen LogP) is 1.10. The van der Waals surface area contributed by atoms with E-state index in [4.69, 9.17) is 0 Å². The molecule has 2 atom stereocenters. The molecule has 3 aromatic rings. The van der Waals surface area contributed by atoms with E-state index < -0.39 is 0 Å². The second-order valence-electron chi connectivity index (χ2n) is 6.55. The van der Waals surface area contributed by atoms with Crippen molar-refractivity contribution in [2.24, 2.45) is 0 Å². The van der Waals surface area contributed by atoms with E-state index in [0.717, 1.165) is 35.9 Å². The molecule has 8 nitrogen and oxygen atoms in total. The Labute approximate surface area is 154 Å². The first-order chi connectivity index (χ1) is 12.8. The number of rotatable bonds is 4. The number of fused-ring (bicyclic) bond motifs is 3. The number of carbonyl (C=O) groups is 1. The van der Waals surface area contributed by atoms with Gasteiger partial charge in [-0.2, -0.15) is 4.52 Å². The average Bonchev–Trinajstić information content (AvgIpc) is 3.15. The van der Waals surface area contributed by atoms with Gasteiger partial charge in [-0.25, -0.2) is 0 Å². The van der Waals surface area contributed by atoms with Gasteiger partial charge in [-0.1, -0.05) is 0 Å². The summed E-state index contributed by atoms with van der Waals surface area (Å²) in [5.74, 6) is 1.60. The van der Waals surface area contributed by atoms with Crippen molar-refractivity contribution in [3.05, 3.63) is 43.0 Å². The number of carbonyl (C=O) groups excluding carboxylic acids is 1. The zero-order chi connectivity index (χ0) is 17.5. The number of aromatic nitrogens is 5. The lowest BCUT2D eigenvalue weighted by Crippen LogP contribution is -2.70. The maximum absolute atomic E-state index is 12.6. The second kappa shape index (κ2) is 6.24. The van der Waals surface area contributed by atoms with Crippen LogP contribution in [0.1, 0.15) is 6.42 Å². The average molecular weight is 367 g/mol. The maximum atomic E-state index is 12.6. The molecular formula is C17H17N7OS. The van der Waals surface area contributed by atoms with Crippen LogP contribution in [-0.4, -0.2) is 66.5 Å². The van der Waals surface area contributed by atoms with Crippen LogP contribution in [0, 0.1) is 0 Å². The van der Waals surface area contributed by atoms with E-state index in [2.05, 4.69) is 30.1 Å². The van der Waals surface area contributed by atoms with E-state index in [9.17, 15) is 4.79 Å². The lowest BCUT2D eigenvalue weighted by Gasteiger charge is -2.56. The number of nitrogens with zero attached hydrogens (tertiary/aromatic N) is 7. The molecule has 3 fully saturated rings. The summed E-state index contributed by atoms with van der Waals surface area (Å²) in [4.78, 5) is 22.0. The molecule has 0 spiro atoms. The standard InChI is InChI=1S/C17H17N7OS/c25-17(10-26-14-3-5-18-6-4-14)24-12-7-13(24)9-22(8-12)16-2-1-15-20-19-11-23(15)21-16/h1-6,11-13H,7-10H2. The van der Waals surface area contributed by atoms with Crippen LogP contribution < -0.4 is 4.90 Å². The Hall–Kier alpha value is -2.68. The first-order valence-corrected chi connectivity index (χ1v) is 9.52. The number of hydrogen-bond acceptors (Lipinski definition) is 7. The smallest absolute Gasteiger partial charge is 0.233 e. The Morgan fingerprint density at radius 2 is 1.96 bits per heavy atom. The Morgan fingerprint density at radius 1 is 1.15 bits per heavy atom. The summed E-state index contributed by atoms with van der Waals surface area (Å²) in [7, 11) is 0. The number of pyridine rings is 1. The molecule has 3 aromatic heterocycles. The molecule has 0 N–H and O–H groups in total. The van der Waals surface area contributed by atoms with E-state index in [1.807, 2.05) is 24.3 Å². The SMILES string of the molecule is O=C(CSc1ccncc1)N1C2CC1CN(c1ccc3nncn3n1)C2. The van der Waals surface area contributed by atoms with Crippen LogP contribution in [0.4, 0.5) is 5.82 Å². The summed E-state index contributed by atoms with van der Waals surface area (Å²) < 4.78 is 1.68. The third-order valence-electron chi connectivity index (χ3n) is 4.96. The van der Waals surface area contributed by atoms with Crippen LogP contribution >= 0.6 is 11.8 Å². The van der Waals surface area contributed by atoms with Crippen molar-refractivity contribution in [1.29, 1.82) is 0 Å². The van der Waals surface area contributed by atoms with Crippen LogP contribution in [0.2, 0.25) is 0 Å². The quantitative estimate of drug-likeness (QED) is 0.639. The molecule has 2 unspecified atom stereocenters. The fourth-order valence-corrected chi connectivity index (χ4v) is 4.50. The molecule has 3 aliphatic heterocycles. The Morgan fingerprint density at radius 3 is 2.77 bits per heavy atom. The van der Waals surface area contributed by atoms with Crippen molar-refractivity contribution in [2.45, 2.75) is 23.4 Å². The zero-order valence-electron chi connectivity index (χ0n) is 14.0. The molecule has 0 aromatic carbocycles. The van der Waals surface area contributed by atoms with Crippen molar-refractivity contribution < 1.29 is 4.79 Å². The minimum Gasteiger partial charge on any atom is -0.351 e. The van der Waals surface area contributed by atoms with E-state index in [0.29, 0.717) is 5.75 Å². The summed E-state index contributed by atoms with van der Waals surface area (Å²) in [6, 6.07) is 8.31. The van der Waals surface area contributed by atoms with E-state index in [1.54, 1.807) is 35.0 Å². The first kappa shape index (κ1) is 15.6. The van der Waals surface area contributed by atoms with Crippen molar-refractivity contribution in [1.82, 2.24) is 29.7 Å². The molecule has 26 heavy (non-hydrogen) atoms. The number of hydrogen-bond donors (Lipinski definition) is 0. The van der Waals surface area contributed by atoms with Crippen LogP contribution in [0.5, 0.6) is 0 Å². The minimum absolute atomic E-state index is 0.218. The van der Waals surface area contributed by atoms with Gasteiger partial charge in [0.15, 0.2) is 5.65 Å². The van der Waals surface area contributed by atoms with E-state index in [-0.39, 0.29) is 18.0 Å². The van der Waals surface area contributed by atoms with Gasteiger partial charge in [0.1, 0.15) is 12.1 Å². The highest BCUT2D eigenvalue weighted by Gasteiger charge is 2.47. The molecule has 132 valence electrons. The predicted molar refractivity (Wildman–Crippen MR) is 97.0 cm³/mol. The Balaban J connectivity index is 1.23. The molecule has 9 heteroatoms. The van der Waals surface area contributed by atoms with Gasteiger partial charge in [-0.3, -0.25) is 9.78 Å². The van der Waals surface area contributed by atoms with E-state index >= 15 is 0 Å². The van der Waals surface area contributed by atoms with Crippen LogP contribution in [-0.2, 0) is 4.79 Å². The minimum atomic E-state index is 0.218. The van der Waals surface area contributed by atoms with Crippen LogP contribution in [0.15, 0.2) is 47.9 Å². The molecule has 0 radical (unpaired) electrons. The zero-order valence-corrected chi connectivity index (χ0v) is 14.8. The molecule has 2 bridgehead atoms. The van der Waals surface area contributed by atoms with Gasteiger partial charge in [0, 0.05) is 30.4 Å². The summed E-state index contributed by atoms with van der Waals surface area (Å²) in [5, 5.41) is 12.4. The third kappa shape index (κ3) is 2.68. The van der Waals surface area contributed by atoms with Gasteiger partial charge in [-0.05, 0) is 30.7 Å². The highest BCUT2D eigenvalue weighted by atomic mass is 32.2. The number of thioether (sulfide) groups is 1. The van der Waals surface area contributed by atoms with Gasteiger partial charge in [0.25, 0.3) is 0 Å².